The molecule has 0 saturated heterocycles. The fourth-order valence-electron chi connectivity index (χ4n) is 2.67. The van der Waals surface area contributed by atoms with E-state index in [-0.39, 0.29) is 6.10 Å². The van der Waals surface area contributed by atoms with Crippen LogP contribution >= 0.6 is 0 Å². The quantitative estimate of drug-likeness (QED) is 0.869. The molecule has 0 radical (unpaired) electrons. The van der Waals surface area contributed by atoms with Crippen molar-refractivity contribution in [1.82, 2.24) is 10.3 Å². The van der Waals surface area contributed by atoms with Crippen molar-refractivity contribution in [2.45, 2.75) is 58.3 Å². The van der Waals surface area contributed by atoms with Crippen LogP contribution in [0.3, 0.4) is 0 Å². The number of nitrogens with zero attached hydrogens (tertiary/aromatic N) is 1. The van der Waals surface area contributed by atoms with Crippen LogP contribution in [0.15, 0.2) is 12.1 Å². The molecule has 20 heavy (non-hydrogen) atoms. The fraction of sp³-hybridized carbons (Fsp3) is 0.688. The molecule has 4 heteroatoms. The van der Waals surface area contributed by atoms with E-state index >= 15 is 0 Å². The van der Waals surface area contributed by atoms with Gasteiger partial charge in [0.25, 0.3) is 0 Å². The molecule has 1 aromatic rings. The Morgan fingerprint density at radius 3 is 2.80 bits per heavy atom. The van der Waals surface area contributed by atoms with Crippen molar-refractivity contribution in [1.29, 1.82) is 0 Å². The minimum Gasteiger partial charge on any atom is -0.474 e. The number of ether oxygens (including phenoxy) is 2. The molecule has 1 aliphatic rings. The molecular formula is C16H26N2O2. The van der Waals surface area contributed by atoms with Gasteiger partial charge in [-0.25, -0.2) is 4.98 Å². The van der Waals surface area contributed by atoms with Crippen LogP contribution in [0.4, 0.5) is 0 Å². The highest BCUT2D eigenvalue weighted by atomic mass is 16.5. The summed E-state index contributed by atoms with van der Waals surface area (Å²) in [5, 5.41) is 3.32. The molecule has 2 unspecified atom stereocenters. The number of methoxy groups -OCH3 is 1. The monoisotopic (exact) mass is 278 g/mol. The Morgan fingerprint density at radius 1 is 1.30 bits per heavy atom. The van der Waals surface area contributed by atoms with Crippen LogP contribution in [0.1, 0.15) is 43.9 Å². The van der Waals surface area contributed by atoms with Crippen LogP contribution in [0, 0.1) is 6.92 Å². The highest BCUT2D eigenvalue weighted by Gasteiger charge is 2.23. The summed E-state index contributed by atoms with van der Waals surface area (Å²) in [5.41, 5.74) is 2.28. The number of hydrogen-bond donors (Lipinski definition) is 1. The molecular weight excluding hydrogens is 252 g/mol. The second kappa shape index (κ2) is 7.60. The van der Waals surface area contributed by atoms with Gasteiger partial charge in [-0.3, -0.25) is 0 Å². The Morgan fingerprint density at radius 2 is 2.10 bits per heavy atom. The highest BCUT2D eigenvalue weighted by molar-refractivity contribution is 5.25. The van der Waals surface area contributed by atoms with Crippen LogP contribution in [-0.2, 0) is 11.3 Å². The van der Waals surface area contributed by atoms with E-state index in [2.05, 4.69) is 23.3 Å². The van der Waals surface area contributed by atoms with Gasteiger partial charge >= 0.3 is 0 Å². The van der Waals surface area contributed by atoms with E-state index in [1.54, 1.807) is 7.11 Å². The van der Waals surface area contributed by atoms with Crippen LogP contribution in [0.25, 0.3) is 0 Å². The van der Waals surface area contributed by atoms with E-state index < -0.39 is 0 Å². The molecule has 1 saturated carbocycles. The minimum atomic E-state index is 0.236. The van der Waals surface area contributed by atoms with E-state index in [0.717, 1.165) is 43.9 Å². The summed E-state index contributed by atoms with van der Waals surface area (Å²) in [7, 11) is 1.78. The lowest BCUT2D eigenvalue weighted by atomic mass is 9.95. The van der Waals surface area contributed by atoms with E-state index in [9.17, 15) is 0 Å². The Kier molecular flexibility index (Phi) is 5.80. The third-order valence-corrected chi connectivity index (χ3v) is 3.93. The first-order valence-electron chi connectivity index (χ1n) is 7.59. The predicted octanol–water partition coefficient (Wildman–Crippen LogP) is 2.84. The molecule has 1 heterocycles. The van der Waals surface area contributed by atoms with Gasteiger partial charge in [-0.1, -0.05) is 13.0 Å². The van der Waals surface area contributed by atoms with Gasteiger partial charge in [0.2, 0.25) is 5.88 Å². The number of aryl methyl sites for hydroxylation is 1. The van der Waals surface area contributed by atoms with Crippen molar-refractivity contribution >= 4 is 0 Å². The van der Waals surface area contributed by atoms with Crippen LogP contribution in [-0.4, -0.2) is 30.8 Å². The van der Waals surface area contributed by atoms with Gasteiger partial charge in [0.1, 0.15) is 6.10 Å². The summed E-state index contributed by atoms with van der Waals surface area (Å²) in [6, 6.07) is 4.09. The van der Waals surface area contributed by atoms with Crippen molar-refractivity contribution in [3.8, 4) is 5.88 Å². The zero-order chi connectivity index (χ0) is 14.4. The average molecular weight is 278 g/mol. The van der Waals surface area contributed by atoms with Gasteiger partial charge in [0.15, 0.2) is 0 Å². The van der Waals surface area contributed by atoms with Crippen molar-refractivity contribution < 1.29 is 9.47 Å². The lowest BCUT2D eigenvalue weighted by Gasteiger charge is -2.28. The molecule has 2 rings (SSSR count). The number of nitrogens with one attached hydrogen (secondary N) is 1. The first-order valence-corrected chi connectivity index (χ1v) is 7.59. The zero-order valence-electron chi connectivity index (χ0n) is 12.8. The van der Waals surface area contributed by atoms with Crippen LogP contribution in [0.2, 0.25) is 0 Å². The van der Waals surface area contributed by atoms with Gasteiger partial charge < -0.3 is 14.8 Å². The third kappa shape index (κ3) is 4.18. The standard InChI is InChI=1S/C16H26N2O2/c1-4-17-11-13-8-9-16(18-12(13)2)20-15-7-5-6-14(10-15)19-3/h8-9,14-15,17H,4-7,10-11H2,1-3H3. The van der Waals surface area contributed by atoms with E-state index in [1.165, 1.54) is 12.0 Å². The number of rotatable bonds is 6. The average Bonchev–Trinajstić information content (AvgIpc) is 2.47. The zero-order valence-corrected chi connectivity index (χ0v) is 12.8. The summed E-state index contributed by atoms with van der Waals surface area (Å²) < 4.78 is 11.5. The Balaban J connectivity index is 1.94. The molecule has 1 N–H and O–H groups in total. The van der Waals surface area contributed by atoms with Crippen molar-refractivity contribution in [3.05, 3.63) is 23.4 Å². The van der Waals surface area contributed by atoms with Crippen molar-refractivity contribution in [3.63, 3.8) is 0 Å². The molecule has 0 amide bonds. The lowest BCUT2D eigenvalue weighted by molar-refractivity contribution is 0.0194. The second-order valence-electron chi connectivity index (χ2n) is 5.44. The summed E-state index contributed by atoms with van der Waals surface area (Å²) in [6.07, 6.45) is 4.95. The first kappa shape index (κ1) is 15.3. The fourth-order valence-corrected chi connectivity index (χ4v) is 2.67. The van der Waals surface area contributed by atoms with E-state index in [1.807, 2.05) is 13.0 Å². The van der Waals surface area contributed by atoms with Crippen molar-refractivity contribution in [2.24, 2.45) is 0 Å². The maximum Gasteiger partial charge on any atom is 0.213 e. The number of hydrogen-bond acceptors (Lipinski definition) is 4. The Bertz CT molecular complexity index is 423. The summed E-state index contributed by atoms with van der Waals surface area (Å²) in [4.78, 5) is 4.57. The third-order valence-electron chi connectivity index (χ3n) is 3.93. The van der Waals surface area contributed by atoms with E-state index in [4.69, 9.17) is 9.47 Å². The lowest BCUT2D eigenvalue weighted by Crippen LogP contribution is -2.29. The molecule has 1 aliphatic carbocycles. The molecule has 4 nitrogen and oxygen atoms in total. The largest absolute Gasteiger partial charge is 0.474 e. The van der Waals surface area contributed by atoms with Gasteiger partial charge in [-0.15, -0.1) is 0 Å². The molecule has 112 valence electrons. The summed E-state index contributed by atoms with van der Waals surface area (Å²) in [5.74, 6) is 0.740. The topological polar surface area (TPSA) is 43.4 Å². The summed E-state index contributed by atoms with van der Waals surface area (Å²) >= 11 is 0. The van der Waals surface area contributed by atoms with Gasteiger partial charge in [-0.2, -0.15) is 0 Å². The highest BCUT2D eigenvalue weighted by Crippen LogP contribution is 2.25. The first-order chi connectivity index (χ1) is 9.72. The molecule has 0 spiro atoms. The molecule has 0 aromatic carbocycles. The number of pyridine rings is 1. The SMILES string of the molecule is CCNCc1ccc(OC2CCCC(OC)C2)nc1C. The van der Waals surface area contributed by atoms with Gasteiger partial charge in [0, 0.05) is 31.8 Å². The Hall–Kier alpha value is -1.13. The smallest absolute Gasteiger partial charge is 0.213 e. The molecule has 0 aliphatic heterocycles. The van der Waals surface area contributed by atoms with Gasteiger partial charge in [0.05, 0.1) is 6.10 Å². The molecule has 2 atom stereocenters. The van der Waals surface area contributed by atoms with E-state index in [0.29, 0.717) is 6.10 Å². The van der Waals surface area contributed by atoms with Crippen molar-refractivity contribution in [2.75, 3.05) is 13.7 Å². The Labute approximate surface area is 121 Å². The van der Waals surface area contributed by atoms with Crippen LogP contribution in [0.5, 0.6) is 5.88 Å². The van der Waals surface area contributed by atoms with Crippen LogP contribution < -0.4 is 10.1 Å². The predicted molar refractivity (Wildman–Crippen MR) is 80.0 cm³/mol. The maximum absolute atomic E-state index is 6.02. The summed E-state index contributed by atoms with van der Waals surface area (Å²) in [6.45, 7) is 5.98. The maximum atomic E-state index is 6.02. The molecule has 1 aromatic heterocycles. The normalized spacial score (nSPS) is 22.8. The second-order valence-corrected chi connectivity index (χ2v) is 5.44. The minimum absolute atomic E-state index is 0.236. The number of aromatic nitrogens is 1. The molecule has 1 fully saturated rings. The molecule has 0 bridgehead atoms. The van der Waals surface area contributed by atoms with Gasteiger partial charge in [-0.05, 0) is 38.3 Å².